The minimum atomic E-state index is -3.21. The van der Waals surface area contributed by atoms with Crippen LogP contribution in [0.1, 0.15) is 39.0 Å². The summed E-state index contributed by atoms with van der Waals surface area (Å²) in [7, 11) is -3.21. The molecule has 1 amide bonds. The number of ether oxygens (including phenoxy) is 1. The lowest BCUT2D eigenvalue weighted by Crippen LogP contribution is -2.36. The van der Waals surface area contributed by atoms with Gasteiger partial charge in [0, 0.05) is 0 Å². The highest BCUT2D eigenvalue weighted by Gasteiger charge is 2.27. The molecule has 0 spiro atoms. The summed E-state index contributed by atoms with van der Waals surface area (Å²) in [6.45, 7) is 1.92. The van der Waals surface area contributed by atoms with Gasteiger partial charge in [-0.05, 0) is 19.8 Å². The molecule has 0 radical (unpaired) electrons. The van der Waals surface area contributed by atoms with Crippen LogP contribution in [0.15, 0.2) is 0 Å². The lowest BCUT2D eigenvalue weighted by atomic mass is 10.0. The molecule has 1 saturated carbocycles. The van der Waals surface area contributed by atoms with E-state index in [1.165, 1.54) is 0 Å². The Kier molecular flexibility index (Phi) is 5.05. The molecular formula is C10H19NO4S. The van der Waals surface area contributed by atoms with E-state index in [9.17, 15) is 13.2 Å². The van der Waals surface area contributed by atoms with Crippen molar-refractivity contribution in [1.82, 2.24) is 5.32 Å². The Labute approximate surface area is 96.5 Å². The molecule has 94 valence electrons. The Hall–Kier alpha value is -0.780. The van der Waals surface area contributed by atoms with Crippen molar-refractivity contribution >= 4 is 15.9 Å². The zero-order valence-corrected chi connectivity index (χ0v) is 10.4. The van der Waals surface area contributed by atoms with Crippen LogP contribution in [-0.4, -0.2) is 32.2 Å². The molecule has 0 aromatic heterocycles. The first-order valence-electron chi connectivity index (χ1n) is 5.68. The number of hydrogen-bond acceptors (Lipinski definition) is 4. The quantitative estimate of drug-likeness (QED) is 0.818. The smallest absolute Gasteiger partial charge is 0.407 e. The lowest BCUT2D eigenvalue weighted by molar-refractivity contribution is 0.154. The zero-order chi connectivity index (χ0) is 12.0. The molecule has 0 saturated heterocycles. The topological polar surface area (TPSA) is 72.5 Å². The largest absolute Gasteiger partial charge is 0.450 e. The third kappa shape index (κ3) is 4.00. The summed E-state index contributed by atoms with van der Waals surface area (Å²) in [5, 5.41) is 1.98. The molecule has 0 aromatic carbocycles. The number of hydrogen-bond donors (Lipinski definition) is 1. The number of amides is 1. The third-order valence-corrected chi connectivity index (χ3v) is 4.79. The Morgan fingerprint density at radius 1 is 1.31 bits per heavy atom. The van der Waals surface area contributed by atoms with Crippen LogP contribution < -0.4 is 5.32 Å². The van der Waals surface area contributed by atoms with E-state index in [2.05, 4.69) is 10.1 Å². The molecule has 6 heteroatoms. The standard InChI is InChI=1S/C10H19NO4S/c1-2-15-10(12)11-8-16(13,14)9-6-4-3-5-7-9/h9H,2-8H2,1H3,(H,11,12). The number of carbonyl (C=O) groups excluding carboxylic acids is 1. The van der Waals surface area contributed by atoms with E-state index in [4.69, 9.17) is 0 Å². The Morgan fingerprint density at radius 2 is 1.94 bits per heavy atom. The average molecular weight is 249 g/mol. The highest BCUT2D eigenvalue weighted by atomic mass is 32.2. The molecule has 1 aliphatic rings. The van der Waals surface area contributed by atoms with Gasteiger partial charge in [0.15, 0.2) is 9.84 Å². The minimum Gasteiger partial charge on any atom is -0.450 e. The summed E-state index contributed by atoms with van der Waals surface area (Å²) < 4.78 is 28.3. The molecule has 0 unspecified atom stereocenters. The summed E-state index contributed by atoms with van der Waals surface area (Å²) in [5.41, 5.74) is 0. The van der Waals surface area contributed by atoms with Crippen LogP contribution in [-0.2, 0) is 14.6 Å². The van der Waals surface area contributed by atoms with Gasteiger partial charge in [-0.15, -0.1) is 0 Å². The second-order valence-electron chi connectivity index (χ2n) is 3.96. The molecule has 0 aromatic rings. The van der Waals surface area contributed by atoms with Crippen molar-refractivity contribution in [2.75, 3.05) is 12.5 Å². The van der Waals surface area contributed by atoms with Crippen LogP contribution in [0.4, 0.5) is 4.79 Å². The van der Waals surface area contributed by atoms with Crippen LogP contribution in [0.2, 0.25) is 0 Å². The second kappa shape index (κ2) is 6.08. The van der Waals surface area contributed by atoms with E-state index in [0.29, 0.717) is 12.8 Å². The first kappa shape index (κ1) is 13.3. The fourth-order valence-corrected chi connectivity index (χ4v) is 3.49. The average Bonchev–Trinajstić information content (AvgIpc) is 2.28. The van der Waals surface area contributed by atoms with Gasteiger partial charge in [0.05, 0.1) is 11.9 Å². The molecular weight excluding hydrogens is 230 g/mol. The van der Waals surface area contributed by atoms with Crippen molar-refractivity contribution in [2.24, 2.45) is 0 Å². The first-order valence-corrected chi connectivity index (χ1v) is 7.40. The van der Waals surface area contributed by atoms with E-state index >= 15 is 0 Å². The fourth-order valence-electron chi connectivity index (χ4n) is 1.88. The summed E-state index contributed by atoms with van der Waals surface area (Å²) in [4.78, 5) is 11.0. The molecule has 1 N–H and O–H groups in total. The Balaban J connectivity index is 2.41. The van der Waals surface area contributed by atoms with E-state index in [0.717, 1.165) is 19.3 Å². The molecule has 0 bridgehead atoms. The predicted molar refractivity (Wildman–Crippen MR) is 60.8 cm³/mol. The molecule has 5 nitrogen and oxygen atoms in total. The van der Waals surface area contributed by atoms with Gasteiger partial charge in [-0.3, -0.25) is 0 Å². The van der Waals surface area contributed by atoms with Gasteiger partial charge < -0.3 is 10.1 Å². The highest BCUT2D eigenvalue weighted by Crippen LogP contribution is 2.23. The molecule has 0 aliphatic heterocycles. The van der Waals surface area contributed by atoms with E-state index in [1.54, 1.807) is 6.92 Å². The maximum absolute atomic E-state index is 11.8. The second-order valence-corrected chi connectivity index (χ2v) is 6.25. The van der Waals surface area contributed by atoms with Crippen molar-refractivity contribution in [3.8, 4) is 0 Å². The number of sulfone groups is 1. The van der Waals surface area contributed by atoms with Gasteiger partial charge in [-0.2, -0.15) is 0 Å². The van der Waals surface area contributed by atoms with Gasteiger partial charge in [-0.1, -0.05) is 19.3 Å². The lowest BCUT2D eigenvalue weighted by Gasteiger charge is -2.21. The SMILES string of the molecule is CCOC(=O)NCS(=O)(=O)C1CCCCC1. The predicted octanol–water partition coefficient (Wildman–Crippen LogP) is 1.44. The summed E-state index contributed by atoms with van der Waals surface area (Å²) in [6.07, 6.45) is 3.80. The van der Waals surface area contributed by atoms with Gasteiger partial charge in [0.1, 0.15) is 5.88 Å². The van der Waals surface area contributed by atoms with Crippen LogP contribution in [0.25, 0.3) is 0 Å². The normalized spacial score (nSPS) is 18.1. The molecule has 0 atom stereocenters. The van der Waals surface area contributed by atoms with Crippen LogP contribution in [0.5, 0.6) is 0 Å². The number of rotatable bonds is 4. The molecule has 16 heavy (non-hydrogen) atoms. The van der Waals surface area contributed by atoms with E-state index in [-0.39, 0.29) is 17.7 Å². The van der Waals surface area contributed by atoms with Gasteiger partial charge in [0.25, 0.3) is 0 Å². The number of nitrogens with one attached hydrogen (secondary N) is 1. The first-order chi connectivity index (χ1) is 7.56. The molecule has 1 rings (SSSR count). The number of alkyl carbamates (subject to hydrolysis) is 1. The Bertz CT molecular complexity index is 320. The molecule has 1 aliphatic carbocycles. The third-order valence-electron chi connectivity index (χ3n) is 2.75. The van der Waals surface area contributed by atoms with E-state index in [1.807, 2.05) is 0 Å². The molecule has 1 fully saturated rings. The van der Waals surface area contributed by atoms with Crippen molar-refractivity contribution in [3.63, 3.8) is 0 Å². The minimum absolute atomic E-state index is 0.245. The monoisotopic (exact) mass is 249 g/mol. The summed E-state index contributed by atoms with van der Waals surface area (Å²) in [6, 6.07) is 0. The summed E-state index contributed by atoms with van der Waals surface area (Å²) in [5.74, 6) is -0.309. The number of carbonyl (C=O) groups is 1. The van der Waals surface area contributed by atoms with Crippen LogP contribution in [0.3, 0.4) is 0 Å². The highest BCUT2D eigenvalue weighted by molar-refractivity contribution is 7.92. The molecule has 0 heterocycles. The maximum atomic E-state index is 11.8. The van der Waals surface area contributed by atoms with Crippen LogP contribution in [0, 0.1) is 0 Å². The summed E-state index contributed by atoms with van der Waals surface area (Å²) >= 11 is 0. The zero-order valence-electron chi connectivity index (χ0n) is 9.57. The van der Waals surface area contributed by atoms with Crippen molar-refractivity contribution in [1.29, 1.82) is 0 Å². The van der Waals surface area contributed by atoms with Crippen molar-refractivity contribution < 1.29 is 17.9 Å². The van der Waals surface area contributed by atoms with Gasteiger partial charge in [0.2, 0.25) is 0 Å². The van der Waals surface area contributed by atoms with Crippen molar-refractivity contribution in [3.05, 3.63) is 0 Å². The van der Waals surface area contributed by atoms with Crippen molar-refractivity contribution in [2.45, 2.75) is 44.3 Å². The maximum Gasteiger partial charge on any atom is 0.407 e. The van der Waals surface area contributed by atoms with E-state index < -0.39 is 15.9 Å². The fraction of sp³-hybridized carbons (Fsp3) is 0.900. The van der Waals surface area contributed by atoms with Crippen LogP contribution >= 0.6 is 0 Å². The van der Waals surface area contributed by atoms with Gasteiger partial charge >= 0.3 is 6.09 Å². The van der Waals surface area contributed by atoms with Gasteiger partial charge in [-0.25, -0.2) is 13.2 Å². The Morgan fingerprint density at radius 3 is 2.50 bits per heavy atom.